The molecule has 1 aliphatic heterocycles. The molecule has 1 amide bonds. The fourth-order valence-electron chi connectivity index (χ4n) is 1.43. The van der Waals surface area contributed by atoms with Gasteiger partial charge in [-0.2, -0.15) is 5.26 Å². The molecule has 0 radical (unpaired) electrons. The summed E-state index contributed by atoms with van der Waals surface area (Å²) in [5, 5.41) is 8.37. The zero-order valence-electron chi connectivity index (χ0n) is 8.32. The topological polar surface area (TPSA) is 53.3 Å². The Labute approximate surface area is 83.8 Å². The van der Waals surface area contributed by atoms with Gasteiger partial charge in [-0.05, 0) is 12.0 Å². The SMILES string of the molecule is COCC1=CCN(C(=O)CC#N)CC1. The van der Waals surface area contributed by atoms with Crippen LogP contribution in [0.2, 0.25) is 0 Å². The summed E-state index contributed by atoms with van der Waals surface area (Å²) in [7, 11) is 1.66. The molecule has 0 saturated carbocycles. The van der Waals surface area contributed by atoms with Crippen molar-refractivity contribution in [3.05, 3.63) is 11.6 Å². The van der Waals surface area contributed by atoms with Crippen molar-refractivity contribution in [1.82, 2.24) is 4.90 Å². The van der Waals surface area contributed by atoms with Crippen LogP contribution in [0, 0.1) is 11.3 Å². The zero-order valence-corrected chi connectivity index (χ0v) is 8.32. The van der Waals surface area contributed by atoms with Crippen molar-refractivity contribution in [2.75, 3.05) is 26.8 Å². The van der Waals surface area contributed by atoms with Crippen molar-refractivity contribution in [3.63, 3.8) is 0 Å². The van der Waals surface area contributed by atoms with Crippen LogP contribution < -0.4 is 0 Å². The van der Waals surface area contributed by atoms with Crippen molar-refractivity contribution in [1.29, 1.82) is 5.26 Å². The lowest BCUT2D eigenvalue weighted by molar-refractivity contribution is -0.129. The highest BCUT2D eigenvalue weighted by molar-refractivity contribution is 5.78. The highest BCUT2D eigenvalue weighted by Crippen LogP contribution is 2.11. The van der Waals surface area contributed by atoms with Gasteiger partial charge in [-0.15, -0.1) is 0 Å². The van der Waals surface area contributed by atoms with E-state index in [0.29, 0.717) is 19.7 Å². The summed E-state index contributed by atoms with van der Waals surface area (Å²) in [4.78, 5) is 13.0. The number of hydrogen-bond acceptors (Lipinski definition) is 3. The van der Waals surface area contributed by atoms with Crippen LogP contribution in [0.15, 0.2) is 11.6 Å². The number of rotatable bonds is 3. The monoisotopic (exact) mass is 194 g/mol. The summed E-state index contributed by atoms with van der Waals surface area (Å²) < 4.78 is 5.00. The maximum atomic E-state index is 11.3. The summed E-state index contributed by atoms with van der Waals surface area (Å²) in [6.45, 7) is 1.95. The number of nitrogens with zero attached hydrogens (tertiary/aromatic N) is 2. The van der Waals surface area contributed by atoms with Crippen molar-refractivity contribution in [2.24, 2.45) is 0 Å². The predicted octanol–water partition coefficient (Wildman–Crippen LogP) is 0.705. The fraction of sp³-hybridized carbons (Fsp3) is 0.600. The minimum Gasteiger partial charge on any atom is -0.380 e. The number of ether oxygens (including phenoxy) is 1. The Bertz CT molecular complexity index is 278. The van der Waals surface area contributed by atoms with E-state index in [0.717, 1.165) is 6.42 Å². The van der Waals surface area contributed by atoms with Crippen molar-refractivity contribution in [3.8, 4) is 6.07 Å². The fourth-order valence-corrected chi connectivity index (χ4v) is 1.43. The smallest absolute Gasteiger partial charge is 0.237 e. The Balaban J connectivity index is 2.42. The van der Waals surface area contributed by atoms with E-state index in [-0.39, 0.29) is 12.3 Å². The maximum Gasteiger partial charge on any atom is 0.237 e. The van der Waals surface area contributed by atoms with Gasteiger partial charge in [0.2, 0.25) is 5.91 Å². The normalized spacial score (nSPS) is 16.0. The third kappa shape index (κ3) is 2.86. The van der Waals surface area contributed by atoms with Crippen LogP contribution in [0.3, 0.4) is 0 Å². The Hall–Kier alpha value is -1.34. The van der Waals surface area contributed by atoms with Gasteiger partial charge in [0.1, 0.15) is 6.42 Å². The van der Waals surface area contributed by atoms with Gasteiger partial charge in [0, 0.05) is 20.2 Å². The maximum absolute atomic E-state index is 11.3. The summed E-state index contributed by atoms with van der Waals surface area (Å²) in [6, 6.07) is 1.86. The molecule has 4 nitrogen and oxygen atoms in total. The Kier molecular flexibility index (Phi) is 4.14. The molecule has 0 bridgehead atoms. The molecule has 0 aromatic rings. The first-order valence-electron chi connectivity index (χ1n) is 4.59. The van der Waals surface area contributed by atoms with E-state index in [1.807, 2.05) is 12.1 Å². The molecule has 4 heteroatoms. The number of carbonyl (C=O) groups excluding carboxylic acids is 1. The Morgan fingerprint density at radius 2 is 2.57 bits per heavy atom. The van der Waals surface area contributed by atoms with Crippen LogP contribution in [0.5, 0.6) is 0 Å². The number of nitriles is 1. The van der Waals surface area contributed by atoms with Crippen molar-refractivity contribution < 1.29 is 9.53 Å². The van der Waals surface area contributed by atoms with Crippen LogP contribution in [-0.4, -0.2) is 37.6 Å². The third-order valence-corrected chi connectivity index (χ3v) is 2.22. The van der Waals surface area contributed by atoms with E-state index in [1.54, 1.807) is 12.0 Å². The average Bonchev–Trinajstić information content (AvgIpc) is 2.20. The van der Waals surface area contributed by atoms with E-state index in [2.05, 4.69) is 0 Å². The van der Waals surface area contributed by atoms with Crippen LogP contribution in [0.4, 0.5) is 0 Å². The second-order valence-corrected chi connectivity index (χ2v) is 3.22. The first kappa shape index (κ1) is 10.7. The van der Waals surface area contributed by atoms with Gasteiger partial charge in [-0.3, -0.25) is 4.79 Å². The Morgan fingerprint density at radius 1 is 1.79 bits per heavy atom. The molecule has 0 aromatic carbocycles. The van der Waals surface area contributed by atoms with Gasteiger partial charge in [-0.1, -0.05) is 6.08 Å². The molecular formula is C10H14N2O2. The number of carbonyl (C=O) groups is 1. The first-order chi connectivity index (χ1) is 6.77. The molecule has 0 aliphatic carbocycles. The molecule has 0 N–H and O–H groups in total. The zero-order chi connectivity index (χ0) is 10.4. The average molecular weight is 194 g/mol. The van der Waals surface area contributed by atoms with Gasteiger partial charge >= 0.3 is 0 Å². The van der Waals surface area contributed by atoms with E-state index in [1.165, 1.54) is 5.57 Å². The minimum absolute atomic E-state index is 0.0204. The quantitative estimate of drug-likeness (QED) is 0.621. The van der Waals surface area contributed by atoms with E-state index < -0.39 is 0 Å². The van der Waals surface area contributed by atoms with E-state index in [9.17, 15) is 4.79 Å². The Morgan fingerprint density at radius 3 is 3.07 bits per heavy atom. The van der Waals surface area contributed by atoms with Gasteiger partial charge in [0.25, 0.3) is 0 Å². The van der Waals surface area contributed by atoms with Crippen LogP contribution in [0.25, 0.3) is 0 Å². The van der Waals surface area contributed by atoms with Crippen LogP contribution >= 0.6 is 0 Å². The number of amides is 1. The molecule has 0 spiro atoms. The summed E-state index contributed by atoms with van der Waals surface area (Å²) in [5.41, 5.74) is 1.23. The molecule has 0 unspecified atom stereocenters. The second kappa shape index (κ2) is 5.40. The largest absolute Gasteiger partial charge is 0.380 e. The van der Waals surface area contributed by atoms with Gasteiger partial charge in [-0.25, -0.2) is 0 Å². The molecule has 14 heavy (non-hydrogen) atoms. The predicted molar refractivity (Wildman–Crippen MR) is 51.4 cm³/mol. The summed E-state index contributed by atoms with van der Waals surface area (Å²) in [6.07, 6.45) is 2.83. The molecule has 76 valence electrons. The lowest BCUT2D eigenvalue weighted by Gasteiger charge is -2.25. The third-order valence-electron chi connectivity index (χ3n) is 2.22. The van der Waals surface area contributed by atoms with E-state index in [4.69, 9.17) is 10.00 Å². The highest BCUT2D eigenvalue weighted by Gasteiger charge is 2.16. The molecule has 1 aliphatic rings. The van der Waals surface area contributed by atoms with Crippen molar-refractivity contribution >= 4 is 5.91 Å². The number of methoxy groups -OCH3 is 1. The molecule has 1 heterocycles. The molecular weight excluding hydrogens is 180 g/mol. The highest BCUT2D eigenvalue weighted by atomic mass is 16.5. The standard InChI is InChI=1S/C10H14N2O2/c1-14-8-9-3-6-12(7-4-9)10(13)2-5-11/h3H,2,4,6-8H2,1H3. The summed E-state index contributed by atoms with van der Waals surface area (Å²) in [5.74, 6) is -0.0831. The first-order valence-corrected chi connectivity index (χ1v) is 4.59. The molecule has 0 atom stereocenters. The van der Waals surface area contributed by atoms with Crippen LogP contribution in [0.1, 0.15) is 12.8 Å². The van der Waals surface area contributed by atoms with Crippen LogP contribution in [-0.2, 0) is 9.53 Å². The molecule has 0 fully saturated rings. The van der Waals surface area contributed by atoms with Crippen molar-refractivity contribution in [2.45, 2.75) is 12.8 Å². The van der Waals surface area contributed by atoms with E-state index >= 15 is 0 Å². The molecule has 1 rings (SSSR count). The second-order valence-electron chi connectivity index (χ2n) is 3.22. The minimum atomic E-state index is -0.0831. The molecule has 0 saturated heterocycles. The number of hydrogen-bond donors (Lipinski definition) is 0. The van der Waals surface area contributed by atoms with Gasteiger partial charge in [0.15, 0.2) is 0 Å². The van der Waals surface area contributed by atoms with Gasteiger partial charge in [0.05, 0.1) is 12.7 Å². The lowest BCUT2D eigenvalue weighted by Crippen LogP contribution is -2.34. The molecule has 0 aromatic heterocycles. The van der Waals surface area contributed by atoms with Gasteiger partial charge < -0.3 is 9.64 Å². The lowest BCUT2D eigenvalue weighted by atomic mass is 10.1. The summed E-state index contributed by atoms with van der Waals surface area (Å²) >= 11 is 0.